The van der Waals surface area contributed by atoms with Gasteiger partial charge in [0.15, 0.2) is 0 Å². The van der Waals surface area contributed by atoms with Gasteiger partial charge in [0.05, 0.1) is 23.2 Å². The molecule has 1 aliphatic heterocycles. The van der Waals surface area contributed by atoms with E-state index in [-0.39, 0.29) is 18.3 Å². The van der Waals surface area contributed by atoms with Crippen LogP contribution in [0.2, 0.25) is 0 Å². The van der Waals surface area contributed by atoms with Crippen LogP contribution in [0.25, 0.3) is 6.08 Å². The van der Waals surface area contributed by atoms with Gasteiger partial charge in [0.2, 0.25) is 0 Å². The summed E-state index contributed by atoms with van der Waals surface area (Å²) in [4.78, 5) is 4.32. The molecule has 2 heterocycles. The average Bonchev–Trinajstić information content (AvgIpc) is 2.81. The number of imidazole rings is 1. The molecular weight excluding hydrogens is 251 g/mol. The fraction of sp³-hybridized carbons (Fsp3) is 0.533. The molecule has 0 aliphatic carbocycles. The summed E-state index contributed by atoms with van der Waals surface area (Å²) < 4.78 is 14.1. The van der Waals surface area contributed by atoms with E-state index in [2.05, 4.69) is 32.7 Å². The van der Waals surface area contributed by atoms with Crippen LogP contribution in [0.15, 0.2) is 30.1 Å². The predicted molar refractivity (Wildman–Crippen MR) is 82.1 cm³/mol. The summed E-state index contributed by atoms with van der Waals surface area (Å²) in [5.41, 5.74) is 1.21. The van der Waals surface area contributed by atoms with Crippen molar-refractivity contribution in [3.05, 3.63) is 35.8 Å². The Morgan fingerprint density at radius 2 is 1.85 bits per heavy atom. The van der Waals surface area contributed by atoms with Crippen LogP contribution >= 0.6 is 0 Å². The van der Waals surface area contributed by atoms with Crippen LogP contribution in [0.1, 0.15) is 40.3 Å². The molecule has 2 rings (SSSR count). The van der Waals surface area contributed by atoms with E-state index in [0.29, 0.717) is 0 Å². The molecule has 0 unspecified atom stereocenters. The van der Waals surface area contributed by atoms with Crippen LogP contribution in [0.3, 0.4) is 0 Å². The molecule has 0 bridgehead atoms. The maximum atomic E-state index is 6.08. The molecule has 20 heavy (non-hydrogen) atoms. The van der Waals surface area contributed by atoms with Gasteiger partial charge in [-0.3, -0.25) is 0 Å². The van der Waals surface area contributed by atoms with E-state index in [9.17, 15) is 0 Å². The van der Waals surface area contributed by atoms with Crippen LogP contribution in [0, 0.1) is 0 Å². The molecule has 1 aromatic rings. The first kappa shape index (κ1) is 15.1. The van der Waals surface area contributed by atoms with Crippen molar-refractivity contribution in [3.8, 4) is 0 Å². The Morgan fingerprint density at radius 3 is 2.30 bits per heavy atom. The third kappa shape index (κ3) is 2.89. The lowest BCUT2D eigenvalue weighted by molar-refractivity contribution is 0.00578. The summed E-state index contributed by atoms with van der Waals surface area (Å²) in [6.45, 7) is 10.2. The maximum absolute atomic E-state index is 6.08. The SMILES string of the molecule is C/C=C\C(=C/c1cn(C)cn1)B1OC(C)(C)C(C)(C)O1. The Hall–Kier alpha value is -1.33. The normalized spacial score (nSPS) is 21.9. The van der Waals surface area contributed by atoms with Crippen molar-refractivity contribution >= 4 is 13.2 Å². The number of hydrogen-bond acceptors (Lipinski definition) is 3. The van der Waals surface area contributed by atoms with Crippen molar-refractivity contribution in [2.75, 3.05) is 0 Å². The van der Waals surface area contributed by atoms with Gasteiger partial charge < -0.3 is 13.9 Å². The summed E-state index contributed by atoms with van der Waals surface area (Å²) in [5, 5.41) is 0. The average molecular weight is 274 g/mol. The lowest BCUT2D eigenvalue weighted by atomic mass is 9.77. The van der Waals surface area contributed by atoms with E-state index in [0.717, 1.165) is 11.2 Å². The van der Waals surface area contributed by atoms with Crippen LogP contribution in [0.5, 0.6) is 0 Å². The summed E-state index contributed by atoms with van der Waals surface area (Å²) in [5.74, 6) is 0. The van der Waals surface area contributed by atoms with Crippen molar-refractivity contribution in [1.82, 2.24) is 9.55 Å². The Labute approximate surface area is 121 Å². The Bertz CT molecular complexity index is 528. The summed E-state index contributed by atoms with van der Waals surface area (Å²) >= 11 is 0. The van der Waals surface area contributed by atoms with E-state index >= 15 is 0 Å². The zero-order valence-electron chi connectivity index (χ0n) is 13.2. The monoisotopic (exact) mass is 274 g/mol. The second kappa shape index (κ2) is 5.22. The highest BCUT2D eigenvalue weighted by molar-refractivity contribution is 6.56. The van der Waals surface area contributed by atoms with Crippen LogP contribution < -0.4 is 0 Å². The maximum Gasteiger partial charge on any atom is 0.494 e. The van der Waals surface area contributed by atoms with Crippen LogP contribution in [-0.2, 0) is 16.4 Å². The molecule has 0 N–H and O–H groups in total. The summed E-state index contributed by atoms with van der Waals surface area (Å²) in [6.07, 6.45) is 9.75. The molecule has 108 valence electrons. The van der Waals surface area contributed by atoms with Crippen molar-refractivity contribution < 1.29 is 9.31 Å². The van der Waals surface area contributed by atoms with Crippen molar-refractivity contribution in [2.24, 2.45) is 7.05 Å². The Kier molecular flexibility index (Phi) is 3.94. The highest BCUT2D eigenvalue weighted by Gasteiger charge is 2.51. The molecule has 5 heteroatoms. The third-order valence-electron chi connectivity index (χ3n) is 3.92. The molecule has 0 aromatic carbocycles. The second-order valence-corrected chi connectivity index (χ2v) is 6.20. The van der Waals surface area contributed by atoms with E-state index in [1.165, 1.54) is 0 Å². The quantitative estimate of drug-likeness (QED) is 0.628. The number of rotatable bonds is 3. The first-order valence-corrected chi connectivity index (χ1v) is 6.93. The molecule has 1 aliphatic rings. The minimum absolute atomic E-state index is 0.331. The van der Waals surface area contributed by atoms with Gasteiger partial charge in [-0.25, -0.2) is 4.98 Å². The minimum Gasteiger partial charge on any atom is -0.399 e. The summed E-state index contributed by atoms with van der Waals surface area (Å²) in [7, 11) is 1.59. The smallest absolute Gasteiger partial charge is 0.399 e. The molecule has 4 nitrogen and oxygen atoms in total. The van der Waals surface area contributed by atoms with Gasteiger partial charge in [-0.15, -0.1) is 0 Å². The first-order chi connectivity index (χ1) is 9.25. The molecular formula is C15H23BN2O2. The largest absolute Gasteiger partial charge is 0.494 e. The van der Waals surface area contributed by atoms with Crippen LogP contribution in [-0.4, -0.2) is 27.9 Å². The van der Waals surface area contributed by atoms with Gasteiger partial charge in [-0.2, -0.15) is 0 Å². The fourth-order valence-electron chi connectivity index (χ4n) is 2.04. The van der Waals surface area contributed by atoms with Crippen molar-refractivity contribution in [3.63, 3.8) is 0 Å². The Morgan fingerprint density at radius 1 is 1.25 bits per heavy atom. The summed E-state index contributed by atoms with van der Waals surface area (Å²) in [6, 6.07) is 0. The van der Waals surface area contributed by atoms with Gasteiger partial charge in [-0.05, 0) is 46.2 Å². The van der Waals surface area contributed by atoms with Gasteiger partial charge in [0.1, 0.15) is 0 Å². The van der Waals surface area contributed by atoms with E-state index < -0.39 is 0 Å². The molecule has 1 fully saturated rings. The lowest BCUT2D eigenvalue weighted by Gasteiger charge is -2.32. The second-order valence-electron chi connectivity index (χ2n) is 6.20. The molecule has 1 aromatic heterocycles. The topological polar surface area (TPSA) is 36.3 Å². The number of allylic oxidation sites excluding steroid dienone is 3. The molecule has 0 atom stereocenters. The highest BCUT2D eigenvalue weighted by atomic mass is 16.7. The number of nitrogens with zero attached hydrogens (tertiary/aromatic N) is 2. The lowest BCUT2D eigenvalue weighted by Crippen LogP contribution is -2.41. The van der Waals surface area contributed by atoms with Gasteiger partial charge in [0.25, 0.3) is 0 Å². The highest BCUT2D eigenvalue weighted by Crippen LogP contribution is 2.39. The zero-order chi connectivity index (χ0) is 15.0. The standard InChI is InChI=1S/C15H23BN2O2/c1-7-8-12(9-13-10-18(6)11-17-13)16-19-14(2,3)15(4,5)20-16/h7-11H,1-6H3/b8-7-,12-9+. The van der Waals surface area contributed by atoms with Crippen LogP contribution in [0.4, 0.5) is 0 Å². The molecule has 0 radical (unpaired) electrons. The molecule has 0 spiro atoms. The molecule has 0 amide bonds. The zero-order valence-corrected chi connectivity index (χ0v) is 13.2. The van der Waals surface area contributed by atoms with Gasteiger partial charge in [0, 0.05) is 13.2 Å². The number of aromatic nitrogens is 2. The number of hydrogen-bond donors (Lipinski definition) is 0. The Balaban J connectivity index is 2.29. The van der Waals surface area contributed by atoms with E-state index in [4.69, 9.17) is 9.31 Å². The van der Waals surface area contributed by atoms with E-state index in [1.54, 1.807) is 6.33 Å². The molecule has 1 saturated heterocycles. The number of aryl methyl sites for hydroxylation is 1. The fourth-order valence-corrected chi connectivity index (χ4v) is 2.04. The third-order valence-corrected chi connectivity index (χ3v) is 3.92. The van der Waals surface area contributed by atoms with Crippen molar-refractivity contribution in [1.29, 1.82) is 0 Å². The molecule has 0 saturated carbocycles. The predicted octanol–water partition coefficient (Wildman–Crippen LogP) is 3.01. The minimum atomic E-state index is -0.363. The van der Waals surface area contributed by atoms with Gasteiger partial charge in [-0.1, -0.05) is 12.2 Å². The van der Waals surface area contributed by atoms with Crippen molar-refractivity contribution in [2.45, 2.75) is 45.8 Å². The first-order valence-electron chi connectivity index (χ1n) is 6.93. The van der Waals surface area contributed by atoms with E-state index in [1.807, 2.05) is 43.0 Å². The van der Waals surface area contributed by atoms with Gasteiger partial charge >= 0.3 is 7.12 Å².